The number of thiophene rings is 2. The predicted molar refractivity (Wildman–Crippen MR) is 131 cm³/mol. The van der Waals surface area contributed by atoms with Crippen LogP contribution in [0.3, 0.4) is 0 Å². The molecule has 0 amide bonds. The maximum atomic E-state index is 13.3. The highest BCUT2D eigenvalue weighted by molar-refractivity contribution is 7.26. The average Bonchev–Trinajstić information content (AvgIpc) is 3.58. The highest BCUT2D eigenvalue weighted by Gasteiger charge is 2.54. The van der Waals surface area contributed by atoms with Crippen molar-refractivity contribution in [3.63, 3.8) is 0 Å². The summed E-state index contributed by atoms with van der Waals surface area (Å²) in [4.78, 5) is 42.9. The van der Waals surface area contributed by atoms with Crippen molar-refractivity contribution in [3.8, 4) is 19.6 Å². The Kier molecular flexibility index (Phi) is 4.11. The fourth-order valence-corrected chi connectivity index (χ4v) is 9.98. The number of fused-ring (bicyclic) bond motifs is 6. The van der Waals surface area contributed by atoms with Crippen molar-refractivity contribution in [1.29, 1.82) is 0 Å². The number of hydrogen-bond donors (Lipinski definition) is 0. The molecule has 4 heterocycles. The van der Waals surface area contributed by atoms with Crippen LogP contribution < -0.4 is 0 Å². The first-order valence-electron chi connectivity index (χ1n) is 10.7. The molecule has 4 nitrogen and oxygen atoms in total. The zero-order valence-electron chi connectivity index (χ0n) is 17.4. The first-order valence-corrected chi connectivity index (χ1v) is 14.0. The number of aryl methyl sites for hydroxylation is 2. The number of ketones is 2. The Morgan fingerprint density at radius 2 is 1.28 bits per heavy atom. The van der Waals surface area contributed by atoms with Crippen molar-refractivity contribution in [2.45, 2.75) is 38.5 Å². The van der Waals surface area contributed by atoms with E-state index >= 15 is 0 Å². The van der Waals surface area contributed by atoms with Crippen LogP contribution in [0.25, 0.3) is 19.6 Å². The Labute approximate surface area is 201 Å². The van der Waals surface area contributed by atoms with Crippen LogP contribution in [0, 0.1) is 25.7 Å². The van der Waals surface area contributed by atoms with Crippen LogP contribution in [0.4, 0.5) is 0 Å². The van der Waals surface area contributed by atoms with E-state index in [-0.39, 0.29) is 35.2 Å². The van der Waals surface area contributed by atoms with E-state index in [9.17, 15) is 9.59 Å². The summed E-state index contributed by atoms with van der Waals surface area (Å²) in [5.74, 6) is 0.602. The van der Waals surface area contributed by atoms with Crippen LogP contribution in [-0.2, 0) is 0 Å². The molecule has 8 heteroatoms. The van der Waals surface area contributed by atoms with Gasteiger partial charge < -0.3 is 0 Å². The van der Waals surface area contributed by atoms with E-state index in [2.05, 4.69) is 36.2 Å². The molecule has 4 aromatic rings. The summed E-state index contributed by atoms with van der Waals surface area (Å²) >= 11 is 6.83. The summed E-state index contributed by atoms with van der Waals surface area (Å²) in [6.07, 6.45) is 1.51. The van der Waals surface area contributed by atoms with E-state index in [1.165, 1.54) is 14.6 Å². The second-order valence-electron chi connectivity index (χ2n) is 8.88. The number of nitrogens with zero attached hydrogens (tertiary/aromatic N) is 2. The van der Waals surface area contributed by atoms with E-state index < -0.39 is 0 Å². The van der Waals surface area contributed by atoms with Crippen molar-refractivity contribution in [1.82, 2.24) is 9.97 Å². The molecule has 0 N–H and O–H groups in total. The molecule has 3 aliphatic rings. The lowest BCUT2D eigenvalue weighted by atomic mass is 9.70. The Bertz CT molecular complexity index is 1440. The highest BCUT2D eigenvalue weighted by Crippen LogP contribution is 2.59. The SMILES string of the molecule is Cc1ccc(-c2ccc(-c3nc4c(s3)C3CC5C(=O)c6nc(C)sc6C5CC3C4=O)s2)s1. The van der Waals surface area contributed by atoms with Gasteiger partial charge in [-0.15, -0.1) is 45.3 Å². The summed E-state index contributed by atoms with van der Waals surface area (Å²) in [5, 5.41) is 1.88. The van der Waals surface area contributed by atoms with Gasteiger partial charge in [-0.25, -0.2) is 9.97 Å². The molecule has 0 bridgehead atoms. The molecule has 4 atom stereocenters. The predicted octanol–water partition coefficient (Wildman–Crippen LogP) is 6.96. The van der Waals surface area contributed by atoms with E-state index in [0.717, 1.165) is 37.5 Å². The highest BCUT2D eigenvalue weighted by atomic mass is 32.1. The van der Waals surface area contributed by atoms with Gasteiger partial charge in [0.2, 0.25) is 0 Å². The van der Waals surface area contributed by atoms with Crippen molar-refractivity contribution < 1.29 is 9.59 Å². The minimum absolute atomic E-state index is 0.0229. The third kappa shape index (κ3) is 2.64. The first kappa shape index (κ1) is 19.5. The van der Waals surface area contributed by atoms with E-state index in [1.807, 2.05) is 6.92 Å². The largest absolute Gasteiger partial charge is 0.292 e. The van der Waals surface area contributed by atoms with Gasteiger partial charge in [0.25, 0.3) is 0 Å². The molecule has 3 aliphatic carbocycles. The number of carbonyl (C=O) groups is 2. The van der Waals surface area contributed by atoms with Gasteiger partial charge in [-0.2, -0.15) is 0 Å². The van der Waals surface area contributed by atoms with Crippen molar-refractivity contribution in [2.24, 2.45) is 11.8 Å². The van der Waals surface area contributed by atoms with Crippen LogP contribution in [0.5, 0.6) is 0 Å². The zero-order valence-corrected chi connectivity index (χ0v) is 20.6. The van der Waals surface area contributed by atoms with Crippen LogP contribution >= 0.6 is 45.3 Å². The van der Waals surface area contributed by atoms with Gasteiger partial charge in [0.05, 0.1) is 9.88 Å². The molecule has 1 fully saturated rings. The molecule has 0 radical (unpaired) electrons. The van der Waals surface area contributed by atoms with Crippen molar-refractivity contribution >= 4 is 56.9 Å². The molecular formula is C24H18N2O2S4. The monoisotopic (exact) mass is 494 g/mol. The summed E-state index contributed by atoms with van der Waals surface area (Å²) in [6.45, 7) is 4.08. The Morgan fingerprint density at radius 1 is 0.688 bits per heavy atom. The fraction of sp³-hybridized carbons (Fsp3) is 0.333. The smallest absolute Gasteiger partial charge is 0.186 e. The number of hydrogen-bond acceptors (Lipinski definition) is 8. The molecule has 4 unspecified atom stereocenters. The van der Waals surface area contributed by atoms with Crippen LogP contribution in [0.15, 0.2) is 24.3 Å². The second kappa shape index (κ2) is 6.76. The quantitative estimate of drug-likeness (QED) is 0.302. The molecule has 32 heavy (non-hydrogen) atoms. The van der Waals surface area contributed by atoms with Crippen LogP contribution in [0.1, 0.15) is 65.3 Å². The molecule has 1 saturated carbocycles. The normalized spacial score (nSPS) is 25.7. The number of aromatic nitrogens is 2. The standard InChI is InChI=1S/C24H18N2O2S4/c1-9-3-4-15(29-9)16-5-6-17(31-16)24-26-19-21(28)12-7-13-11(8-14(12)23(19)32-24)20(27)18-22(13)30-10(2)25-18/h3-6,11-14H,7-8H2,1-2H3. The third-order valence-corrected chi connectivity index (χ3v) is 11.8. The van der Waals surface area contributed by atoms with E-state index in [4.69, 9.17) is 4.98 Å². The molecule has 0 aromatic carbocycles. The summed E-state index contributed by atoms with van der Waals surface area (Å²) < 4.78 is 0. The third-order valence-electron chi connectivity index (χ3n) is 7.01. The van der Waals surface area contributed by atoms with Gasteiger partial charge in [0, 0.05) is 48.1 Å². The lowest BCUT2D eigenvalue weighted by Gasteiger charge is -2.32. The van der Waals surface area contributed by atoms with Gasteiger partial charge in [-0.05, 0) is 51.0 Å². The fourth-order valence-electron chi connectivity index (χ4n) is 5.60. The van der Waals surface area contributed by atoms with Gasteiger partial charge in [-0.3, -0.25) is 9.59 Å². The van der Waals surface area contributed by atoms with Crippen molar-refractivity contribution in [2.75, 3.05) is 0 Å². The lowest BCUT2D eigenvalue weighted by molar-refractivity contribution is 0.0786. The molecule has 7 rings (SSSR count). The minimum Gasteiger partial charge on any atom is -0.292 e. The molecule has 0 spiro atoms. The van der Waals surface area contributed by atoms with Gasteiger partial charge in [-0.1, -0.05) is 0 Å². The number of thiazole rings is 2. The maximum absolute atomic E-state index is 13.3. The maximum Gasteiger partial charge on any atom is 0.186 e. The Balaban J connectivity index is 1.21. The van der Waals surface area contributed by atoms with Gasteiger partial charge in [0.1, 0.15) is 16.4 Å². The zero-order chi connectivity index (χ0) is 21.7. The number of carbonyl (C=O) groups excluding carboxylic acids is 2. The number of Topliss-reactive ketones (excluding diaryl/α,β-unsaturated/α-hetero) is 2. The van der Waals surface area contributed by atoms with Gasteiger partial charge >= 0.3 is 0 Å². The minimum atomic E-state index is -0.0341. The molecule has 0 saturated heterocycles. The first-order chi connectivity index (χ1) is 15.5. The molecule has 0 aliphatic heterocycles. The topological polar surface area (TPSA) is 59.9 Å². The Morgan fingerprint density at radius 3 is 1.97 bits per heavy atom. The summed E-state index contributed by atoms with van der Waals surface area (Å²) in [7, 11) is 0. The molecular weight excluding hydrogens is 477 g/mol. The Hall–Kier alpha value is -2.00. The average molecular weight is 495 g/mol. The van der Waals surface area contributed by atoms with Crippen LogP contribution in [0.2, 0.25) is 0 Å². The van der Waals surface area contributed by atoms with Crippen LogP contribution in [-0.4, -0.2) is 21.5 Å². The summed E-state index contributed by atoms with van der Waals surface area (Å²) in [5.41, 5.74) is 1.34. The van der Waals surface area contributed by atoms with Crippen molar-refractivity contribution in [3.05, 3.63) is 55.3 Å². The van der Waals surface area contributed by atoms with E-state index in [1.54, 1.807) is 45.3 Å². The second-order valence-corrected chi connectivity index (χ2v) is 13.5. The van der Waals surface area contributed by atoms with Gasteiger partial charge in [0.15, 0.2) is 11.6 Å². The molecule has 160 valence electrons. The lowest BCUT2D eigenvalue weighted by Crippen LogP contribution is -2.30. The summed E-state index contributed by atoms with van der Waals surface area (Å²) in [6, 6.07) is 8.58. The number of rotatable bonds is 2. The van der Waals surface area contributed by atoms with E-state index in [0.29, 0.717) is 11.4 Å². The molecule has 4 aromatic heterocycles.